The average molecular weight is 371 g/mol. The Morgan fingerprint density at radius 1 is 0.893 bits per heavy atom. The standard InChI is InChI=1S/C24H25N3O/c28-24(27-15-14-26-20-8-5-13-25-17-20)16-23-21-9-3-1-6-18(21)11-12-19-7-2-4-10-22(19)23/h1-10,13,17,23,26H,11-12,14-16H2,(H,27,28). The summed E-state index contributed by atoms with van der Waals surface area (Å²) in [4.78, 5) is 16.8. The molecule has 0 atom stereocenters. The smallest absolute Gasteiger partial charge is 0.221 e. The Balaban J connectivity index is 1.42. The number of fused-ring (bicyclic) bond motifs is 2. The fraction of sp³-hybridized carbons (Fsp3) is 0.250. The number of amides is 1. The van der Waals surface area contributed by atoms with Crippen LogP contribution in [0.5, 0.6) is 0 Å². The van der Waals surface area contributed by atoms with Crippen LogP contribution in [0.2, 0.25) is 0 Å². The first-order chi connectivity index (χ1) is 13.8. The van der Waals surface area contributed by atoms with E-state index in [4.69, 9.17) is 0 Å². The molecule has 0 saturated heterocycles. The molecule has 0 unspecified atom stereocenters. The SMILES string of the molecule is O=C(CC1c2ccccc2CCc2ccccc21)NCCNc1cccnc1. The van der Waals surface area contributed by atoms with Gasteiger partial charge in [0, 0.05) is 37.8 Å². The maximum absolute atomic E-state index is 12.7. The van der Waals surface area contributed by atoms with Crippen LogP contribution in [0.3, 0.4) is 0 Å². The van der Waals surface area contributed by atoms with E-state index in [0.29, 0.717) is 19.5 Å². The van der Waals surface area contributed by atoms with Gasteiger partial charge in [-0.3, -0.25) is 9.78 Å². The molecule has 0 aliphatic heterocycles. The van der Waals surface area contributed by atoms with Gasteiger partial charge >= 0.3 is 0 Å². The molecule has 1 amide bonds. The lowest BCUT2D eigenvalue weighted by Crippen LogP contribution is -2.30. The van der Waals surface area contributed by atoms with Crippen molar-refractivity contribution in [1.82, 2.24) is 10.3 Å². The predicted molar refractivity (Wildman–Crippen MR) is 112 cm³/mol. The van der Waals surface area contributed by atoms with Crippen molar-refractivity contribution in [2.45, 2.75) is 25.2 Å². The van der Waals surface area contributed by atoms with Crippen LogP contribution < -0.4 is 10.6 Å². The molecule has 0 radical (unpaired) electrons. The highest BCUT2D eigenvalue weighted by Gasteiger charge is 2.25. The fourth-order valence-electron chi connectivity index (χ4n) is 3.99. The Morgan fingerprint density at radius 2 is 1.57 bits per heavy atom. The second-order valence-electron chi connectivity index (χ2n) is 7.17. The molecule has 2 N–H and O–H groups in total. The Hall–Kier alpha value is -3.14. The normalized spacial score (nSPS) is 13.1. The number of anilines is 1. The van der Waals surface area contributed by atoms with Crippen molar-refractivity contribution in [2.24, 2.45) is 0 Å². The monoisotopic (exact) mass is 371 g/mol. The molecular formula is C24H25N3O. The molecule has 0 saturated carbocycles. The van der Waals surface area contributed by atoms with Gasteiger partial charge in [-0.2, -0.15) is 0 Å². The predicted octanol–water partition coefficient (Wildman–Crippen LogP) is 3.93. The zero-order valence-electron chi connectivity index (χ0n) is 15.9. The van der Waals surface area contributed by atoms with Crippen LogP contribution in [-0.4, -0.2) is 24.0 Å². The highest BCUT2D eigenvalue weighted by molar-refractivity contribution is 5.78. The van der Waals surface area contributed by atoms with E-state index in [1.807, 2.05) is 12.1 Å². The number of hydrogen-bond donors (Lipinski definition) is 2. The van der Waals surface area contributed by atoms with Gasteiger partial charge in [0.1, 0.15) is 0 Å². The van der Waals surface area contributed by atoms with Gasteiger partial charge in [-0.1, -0.05) is 48.5 Å². The van der Waals surface area contributed by atoms with Crippen molar-refractivity contribution in [1.29, 1.82) is 0 Å². The summed E-state index contributed by atoms with van der Waals surface area (Å²) in [6.07, 6.45) is 6.05. The molecule has 0 bridgehead atoms. The second-order valence-corrected chi connectivity index (χ2v) is 7.17. The number of rotatable bonds is 6. The lowest BCUT2D eigenvalue weighted by Gasteiger charge is -2.20. The third-order valence-electron chi connectivity index (χ3n) is 5.35. The summed E-state index contributed by atoms with van der Waals surface area (Å²) in [7, 11) is 0. The van der Waals surface area contributed by atoms with Crippen LogP contribution in [0.4, 0.5) is 5.69 Å². The van der Waals surface area contributed by atoms with Gasteiger partial charge in [0.05, 0.1) is 5.69 Å². The van der Waals surface area contributed by atoms with Gasteiger partial charge < -0.3 is 10.6 Å². The molecule has 28 heavy (non-hydrogen) atoms. The van der Waals surface area contributed by atoms with Gasteiger partial charge in [-0.05, 0) is 47.2 Å². The van der Waals surface area contributed by atoms with E-state index < -0.39 is 0 Å². The minimum absolute atomic E-state index is 0.0875. The Bertz CT molecular complexity index is 892. The molecular weight excluding hydrogens is 346 g/mol. The van der Waals surface area contributed by atoms with Crippen molar-refractivity contribution in [2.75, 3.05) is 18.4 Å². The highest BCUT2D eigenvalue weighted by atomic mass is 16.1. The summed E-state index contributed by atoms with van der Waals surface area (Å²) in [5.41, 5.74) is 6.25. The van der Waals surface area contributed by atoms with Gasteiger partial charge in [0.2, 0.25) is 5.91 Å². The number of pyridine rings is 1. The number of carbonyl (C=O) groups is 1. The average Bonchev–Trinajstić information content (AvgIpc) is 2.90. The lowest BCUT2D eigenvalue weighted by atomic mass is 9.85. The molecule has 2 aromatic carbocycles. The van der Waals surface area contributed by atoms with Gasteiger partial charge in [0.25, 0.3) is 0 Å². The molecule has 142 valence electrons. The Morgan fingerprint density at radius 3 is 2.21 bits per heavy atom. The number of carbonyl (C=O) groups excluding carboxylic acids is 1. The van der Waals surface area contributed by atoms with Crippen molar-refractivity contribution in [3.8, 4) is 0 Å². The van der Waals surface area contributed by atoms with Crippen molar-refractivity contribution >= 4 is 11.6 Å². The second kappa shape index (κ2) is 8.70. The summed E-state index contributed by atoms with van der Waals surface area (Å²) in [6.45, 7) is 1.26. The van der Waals surface area contributed by atoms with Gasteiger partial charge in [0.15, 0.2) is 0 Å². The molecule has 0 fully saturated rings. The number of nitrogens with one attached hydrogen (secondary N) is 2. The summed E-state index contributed by atoms with van der Waals surface area (Å²) >= 11 is 0. The van der Waals surface area contributed by atoms with Crippen molar-refractivity contribution < 1.29 is 4.79 Å². The summed E-state index contributed by atoms with van der Waals surface area (Å²) in [5.74, 6) is 0.200. The number of aryl methyl sites for hydroxylation is 2. The van der Waals surface area contributed by atoms with Crippen LogP contribution in [-0.2, 0) is 17.6 Å². The zero-order chi connectivity index (χ0) is 19.2. The molecule has 4 rings (SSSR count). The largest absolute Gasteiger partial charge is 0.382 e. The molecule has 1 aliphatic rings. The Labute approximate surface area is 166 Å². The molecule has 1 aliphatic carbocycles. The van der Waals surface area contributed by atoms with Crippen LogP contribution in [0.15, 0.2) is 73.1 Å². The summed E-state index contributed by atoms with van der Waals surface area (Å²) < 4.78 is 0. The maximum Gasteiger partial charge on any atom is 0.221 e. The van der Waals surface area contributed by atoms with Gasteiger partial charge in [-0.25, -0.2) is 0 Å². The van der Waals surface area contributed by atoms with Gasteiger partial charge in [-0.15, -0.1) is 0 Å². The van der Waals surface area contributed by atoms with E-state index >= 15 is 0 Å². The number of benzene rings is 2. The highest BCUT2D eigenvalue weighted by Crippen LogP contribution is 2.36. The summed E-state index contributed by atoms with van der Waals surface area (Å²) in [6, 6.07) is 21.0. The van der Waals surface area contributed by atoms with E-state index in [2.05, 4.69) is 64.1 Å². The Kier molecular flexibility index (Phi) is 5.66. The van der Waals surface area contributed by atoms with Crippen LogP contribution >= 0.6 is 0 Å². The van der Waals surface area contributed by atoms with E-state index in [-0.39, 0.29) is 11.8 Å². The number of nitrogens with zero attached hydrogens (tertiary/aromatic N) is 1. The minimum atomic E-state index is 0.0875. The zero-order valence-corrected chi connectivity index (χ0v) is 15.9. The van der Waals surface area contributed by atoms with E-state index in [9.17, 15) is 4.79 Å². The molecule has 0 spiro atoms. The fourth-order valence-corrected chi connectivity index (χ4v) is 3.99. The first kappa shape index (κ1) is 18.2. The first-order valence-electron chi connectivity index (χ1n) is 9.87. The third kappa shape index (κ3) is 4.22. The topological polar surface area (TPSA) is 54.0 Å². The van der Waals surface area contributed by atoms with E-state index in [1.165, 1.54) is 22.3 Å². The number of aromatic nitrogens is 1. The lowest BCUT2D eigenvalue weighted by molar-refractivity contribution is -0.121. The summed E-state index contributed by atoms with van der Waals surface area (Å²) in [5, 5.41) is 6.33. The molecule has 4 nitrogen and oxygen atoms in total. The van der Waals surface area contributed by atoms with E-state index in [0.717, 1.165) is 18.5 Å². The van der Waals surface area contributed by atoms with Crippen LogP contribution in [0.25, 0.3) is 0 Å². The van der Waals surface area contributed by atoms with E-state index in [1.54, 1.807) is 12.4 Å². The van der Waals surface area contributed by atoms with Crippen LogP contribution in [0.1, 0.15) is 34.6 Å². The van der Waals surface area contributed by atoms with Crippen molar-refractivity contribution in [3.63, 3.8) is 0 Å². The molecule has 1 heterocycles. The number of hydrogen-bond acceptors (Lipinski definition) is 3. The molecule has 4 heteroatoms. The maximum atomic E-state index is 12.7. The van der Waals surface area contributed by atoms with Crippen molar-refractivity contribution in [3.05, 3.63) is 95.3 Å². The first-order valence-corrected chi connectivity index (χ1v) is 9.87. The molecule has 3 aromatic rings. The quantitative estimate of drug-likeness (QED) is 0.646. The van der Waals surface area contributed by atoms with Crippen LogP contribution in [0, 0.1) is 0 Å². The molecule has 1 aromatic heterocycles. The third-order valence-corrected chi connectivity index (χ3v) is 5.35. The minimum Gasteiger partial charge on any atom is -0.382 e.